The second-order valence-corrected chi connectivity index (χ2v) is 6.08. The number of nitrogens with zero attached hydrogens (tertiary/aromatic N) is 1. The van der Waals surface area contributed by atoms with Crippen LogP contribution in [-0.4, -0.2) is 31.0 Å². The average Bonchev–Trinajstić information content (AvgIpc) is 2.51. The normalized spacial score (nSPS) is 26.5. The summed E-state index contributed by atoms with van der Waals surface area (Å²) in [5, 5.41) is 0. The number of ether oxygens (including phenoxy) is 1. The lowest BCUT2D eigenvalue weighted by atomic mass is 9.73. The summed E-state index contributed by atoms with van der Waals surface area (Å²) in [4.78, 5) is 14.4. The molecule has 116 valence electrons. The van der Waals surface area contributed by atoms with Crippen molar-refractivity contribution in [1.82, 2.24) is 4.90 Å². The van der Waals surface area contributed by atoms with Gasteiger partial charge in [-0.15, -0.1) is 0 Å². The number of carbonyl (C=O) groups excluding carboxylic acids is 1. The van der Waals surface area contributed by atoms with Crippen LogP contribution in [0.5, 0.6) is 0 Å². The summed E-state index contributed by atoms with van der Waals surface area (Å²) in [5.74, 6) is 0.267. The Labute approximate surface area is 128 Å². The first-order valence-corrected chi connectivity index (χ1v) is 8.08. The zero-order chi connectivity index (χ0) is 15.3. The van der Waals surface area contributed by atoms with Gasteiger partial charge in [0.1, 0.15) is 5.60 Å². The molecule has 0 N–H and O–H groups in total. The van der Waals surface area contributed by atoms with E-state index in [-0.39, 0.29) is 5.97 Å². The summed E-state index contributed by atoms with van der Waals surface area (Å²) in [6, 6.07) is 10.3. The molecule has 0 radical (unpaired) electrons. The van der Waals surface area contributed by atoms with E-state index in [4.69, 9.17) is 4.74 Å². The third kappa shape index (κ3) is 3.46. The first-order chi connectivity index (χ1) is 10.1. The van der Waals surface area contributed by atoms with Gasteiger partial charge in [-0.1, -0.05) is 50.6 Å². The van der Waals surface area contributed by atoms with Gasteiger partial charge in [-0.25, -0.2) is 0 Å². The van der Waals surface area contributed by atoms with Gasteiger partial charge in [0, 0.05) is 31.8 Å². The Kier molecular flexibility index (Phi) is 5.40. The second-order valence-electron chi connectivity index (χ2n) is 6.08. The van der Waals surface area contributed by atoms with Gasteiger partial charge in [-0.2, -0.15) is 0 Å². The van der Waals surface area contributed by atoms with Crippen molar-refractivity contribution in [3.05, 3.63) is 35.9 Å². The van der Waals surface area contributed by atoms with E-state index >= 15 is 0 Å². The highest BCUT2D eigenvalue weighted by Crippen LogP contribution is 2.43. The highest BCUT2D eigenvalue weighted by atomic mass is 16.6. The fourth-order valence-corrected chi connectivity index (χ4v) is 3.42. The van der Waals surface area contributed by atoms with Gasteiger partial charge in [0.25, 0.3) is 0 Å². The van der Waals surface area contributed by atoms with Gasteiger partial charge >= 0.3 is 5.97 Å². The molecule has 0 spiro atoms. The predicted octanol–water partition coefficient (Wildman–Crippen LogP) is 3.59. The van der Waals surface area contributed by atoms with E-state index in [0.29, 0.717) is 12.3 Å². The van der Waals surface area contributed by atoms with Crippen molar-refractivity contribution in [2.45, 2.75) is 45.1 Å². The lowest BCUT2D eigenvalue weighted by molar-refractivity contribution is -0.176. The topological polar surface area (TPSA) is 29.5 Å². The van der Waals surface area contributed by atoms with Crippen LogP contribution in [0.25, 0.3) is 0 Å². The van der Waals surface area contributed by atoms with Gasteiger partial charge in [0.05, 0.1) is 0 Å². The smallest absolute Gasteiger partial charge is 0.306 e. The van der Waals surface area contributed by atoms with Crippen LogP contribution < -0.4 is 0 Å². The molecule has 3 nitrogen and oxygen atoms in total. The number of carbonyl (C=O) groups is 1. The summed E-state index contributed by atoms with van der Waals surface area (Å²) in [7, 11) is 2.15. The lowest BCUT2D eigenvalue weighted by Gasteiger charge is -2.46. The molecule has 2 rings (SSSR count). The molecule has 0 saturated carbocycles. The molecule has 3 heteroatoms. The molecular weight excluding hydrogens is 262 g/mol. The Morgan fingerprint density at radius 3 is 2.67 bits per heavy atom. The predicted molar refractivity (Wildman–Crippen MR) is 85.0 cm³/mol. The van der Waals surface area contributed by atoms with Gasteiger partial charge in [0.2, 0.25) is 0 Å². The molecule has 2 unspecified atom stereocenters. The Bertz CT molecular complexity index is 460. The zero-order valence-corrected chi connectivity index (χ0v) is 13.5. The van der Waals surface area contributed by atoms with Crippen LogP contribution >= 0.6 is 0 Å². The molecule has 1 aromatic rings. The van der Waals surface area contributed by atoms with E-state index < -0.39 is 5.60 Å². The molecule has 21 heavy (non-hydrogen) atoms. The van der Waals surface area contributed by atoms with E-state index in [9.17, 15) is 4.79 Å². The van der Waals surface area contributed by atoms with E-state index in [1.54, 1.807) is 0 Å². The van der Waals surface area contributed by atoms with Crippen LogP contribution in [0.4, 0.5) is 0 Å². The Morgan fingerprint density at radius 1 is 1.33 bits per heavy atom. The van der Waals surface area contributed by atoms with Crippen LogP contribution in [0.2, 0.25) is 0 Å². The van der Waals surface area contributed by atoms with Crippen molar-refractivity contribution in [3.8, 4) is 0 Å². The first kappa shape index (κ1) is 16.0. The quantitative estimate of drug-likeness (QED) is 0.776. The maximum Gasteiger partial charge on any atom is 0.306 e. The highest BCUT2D eigenvalue weighted by molar-refractivity contribution is 5.69. The summed E-state index contributed by atoms with van der Waals surface area (Å²) in [6.45, 7) is 6.02. The molecular formula is C18H27NO2. The van der Waals surface area contributed by atoms with Gasteiger partial charge < -0.3 is 9.64 Å². The Morgan fingerprint density at radius 2 is 2.05 bits per heavy atom. The largest absolute Gasteiger partial charge is 0.454 e. The van der Waals surface area contributed by atoms with Crippen LogP contribution in [0.15, 0.2) is 30.3 Å². The van der Waals surface area contributed by atoms with Crippen LogP contribution in [0, 0.1) is 5.92 Å². The number of piperidine rings is 1. The number of benzene rings is 1. The molecule has 1 fully saturated rings. The average molecular weight is 289 g/mol. The summed E-state index contributed by atoms with van der Waals surface area (Å²) < 4.78 is 6.06. The standard InChI is InChI=1S/C18H27NO2/c1-4-9-16-14-19(3)13-12-18(16,21-17(20)5-2)15-10-7-6-8-11-15/h6-8,10-11,16H,4-5,9,12-14H2,1-3H3. The van der Waals surface area contributed by atoms with Crippen LogP contribution in [0.1, 0.15) is 45.1 Å². The minimum Gasteiger partial charge on any atom is -0.454 e. The Hall–Kier alpha value is -1.35. The fourth-order valence-electron chi connectivity index (χ4n) is 3.42. The van der Waals surface area contributed by atoms with Crippen molar-refractivity contribution in [2.75, 3.05) is 20.1 Å². The molecule has 0 bridgehead atoms. The zero-order valence-electron chi connectivity index (χ0n) is 13.5. The molecule has 1 heterocycles. The van der Waals surface area contributed by atoms with Crippen molar-refractivity contribution in [3.63, 3.8) is 0 Å². The van der Waals surface area contributed by atoms with Crippen molar-refractivity contribution >= 4 is 5.97 Å². The minimum atomic E-state index is -0.448. The van der Waals surface area contributed by atoms with Crippen LogP contribution in [-0.2, 0) is 15.1 Å². The van der Waals surface area contributed by atoms with Gasteiger partial charge in [0.15, 0.2) is 0 Å². The van der Waals surface area contributed by atoms with E-state index in [0.717, 1.165) is 37.9 Å². The summed E-state index contributed by atoms with van der Waals surface area (Å²) in [5.41, 5.74) is 0.704. The molecule has 1 aliphatic rings. The maximum absolute atomic E-state index is 12.1. The summed E-state index contributed by atoms with van der Waals surface area (Å²) in [6.07, 6.45) is 3.50. The van der Waals surface area contributed by atoms with Gasteiger partial charge in [-0.3, -0.25) is 4.79 Å². The lowest BCUT2D eigenvalue weighted by Crippen LogP contribution is -2.51. The molecule has 0 aromatic heterocycles. The molecule has 2 atom stereocenters. The fraction of sp³-hybridized carbons (Fsp3) is 0.611. The molecule has 0 amide bonds. The third-order valence-corrected chi connectivity index (χ3v) is 4.54. The molecule has 1 aliphatic heterocycles. The van der Waals surface area contributed by atoms with E-state index in [1.165, 1.54) is 0 Å². The van der Waals surface area contributed by atoms with Crippen molar-refractivity contribution in [1.29, 1.82) is 0 Å². The van der Waals surface area contributed by atoms with E-state index in [1.807, 2.05) is 25.1 Å². The monoisotopic (exact) mass is 289 g/mol. The number of hydrogen-bond donors (Lipinski definition) is 0. The minimum absolute atomic E-state index is 0.0930. The summed E-state index contributed by atoms with van der Waals surface area (Å²) >= 11 is 0. The second kappa shape index (κ2) is 7.08. The van der Waals surface area contributed by atoms with Crippen molar-refractivity contribution < 1.29 is 9.53 Å². The number of likely N-dealkylation sites (tertiary alicyclic amines) is 1. The number of rotatable bonds is 5. The van der Waals surface area contributed by atoms with Crippen molar-refractivity contribution in [2.24, 2.45) is 5.92 Å². The van der Waals surface area contributed by atoms with Crippen LogP contribution in [0.3, 0.4) is 0 Å². The first-order valence-electron chi connectivity index (χ1n) is 8.08. The molecule has 1 aromatic carbocycles. The maximum atomic E-state index is 12.1. The molecule has 0 aliphatic carbocycles. The van der Waals surface area contributed by atoms with E-state index in [2.05, 4.69) is 31.0 Å². The third-order valence-electron chi connectivity index (χ3n) is 4.54. The van der Waals surface area contributed by atoms with Gasteiger partial charge in [-0.05, 0) is 19.0 Å². The number of esters is 1. The SMILES string of the molecule is CCCC1CN(C)CCC1(OC(=O)CC)c1ccccc1. The molecule has 1 saturated heterocycles. The Balaban J connectivity index is 2.40. The highest BCUT2D eigenvalue weighted by Gasteiger charge is 2.46. The number of hydrogen-bond acceptors (Lipinski definition) is 3.